The van der Waals surface area contributed by atoms with Gasteiger partial charge in [-0.05, 0) is 47.5 Å². The summed E-state index contributed by atoms with van der Waals surface area (Å²) in [4.78, 5) is 0. The maximum Gasteiger partial charge on any atom is 0.146 e. The standard InChI is InChI=1S/C27H25Cl2NO4/c1-17(2)27-22(26(30-34-27)25-23(28)7-4-8-24(25)29)16-33-20-11-9-18(10-12-20)15-32-21-6-3-5-19(13-21)14-31/h3-13,17,31H,14-16H2,1-2H3. The van der Waals surface area contributed by atoms with Crippen molar-refractivity contribution in [3.8, 4) is 22.8 Å². The summed E-state index contributed by atoms with van der Waals surface area (Å²) < 4.78 is 17.5. The van der Waals surface area contributed by atoms with E-state index in [0.29, 0.717) is 39.4 Å². The molecule has 1 aromatic heterocycles. The van der Waals surface area contributed by atoms with E-state index in [2.05, 4.69) is 5.16 Å². The monoisotopic (exact) mass is 497 g/mol. The molecule has 0 aliphatic rings. The van der Waals surface area contributed by atoms with Gasteiger partial charge in [0.1, 0.15) is 36.2 Å². The summed E-state index contributed by atoms with van der Waals surface area (Å²) in [7, 11) is 0. The van der Waals surface area contributed by atoms with Gasteiger partial charge in [-0.2, -0.15) is 0 Å². The Balaban J connectivity index is 1.47. The number of aromatic nitrogens is 1. The fraction of sp³-hybridized carbons (Fsp3) is 0.222. The van der Waals surface area contributed by atoms with E-state index in [-0.39, 0.29) is 19.1 Å². The van der Waals surface area contributed by atoms with Crippen molar-refractivity contribution in [3.05, 3.63) is 99.2 Å². The average Bonchev–Trinajstić information content (AvgIpc) is 3.26. The van der Waals surface area contributed by atoms with Crippen molar-refractivity contribution in [3.63, 3.8) is 0 Å². The predicted molar refractivity (Wildman–Crippen MR) is 134 cm³/mol. The van der Waals surface area contributed by atoms with Crippen LogP contribution in [0.25, 0.3) is 11.3 Å². The zero-order chi connectivity index (χ0) is 24.1. The number of hydrogen-bond donors (Lipinski definition) is 1. The summed E-state index contributed by atoms with van der Waals surface area (Å²) in [5, 5.41) is 14.5. The maximum atomic E-state index is 9.26. The summed E-state index contributed by atoms with van der Waals surface area (Å²) >= 11 is 12.8. The van der Waals surface area contributed by atoms with Crippen LogP contribution in [0, 0.1) is 0 Å². The molecule has 3 aromatic carbocycles. The highest BCUT2D eigenvalue weighted by Gasteiger charge is 2.23. The molecular formula is C27H25Cl2NO4. The second kappa shape index (κ2) is 11.0. The molecule has 0 aliphatic heterocycles. The zero-order valence-corrected chi connectivity index (χ0v) is 20.4. The number of ether oxygens (including phenoxy) is 2. The van der Waals surface area contributed by atoms with E-state index in [0.717, 1.165) is 22.5 Å². The number of rotatable bonds is 9. The Morgan fingerprint density at radius 2 is 1.53 bits per heavy atom. The van der Waals surface area contributed by atoms with Gasteiger partial charge in [-0.1, -0.05) is 72.5 Å². The highest BCUT2D eigenvalue weighted by atomic mass is 35.5. The van der Waals surface area contributed by atoms with E-state index < -0.39 is 0 Å². The number of nitrogens with zero attached hydrogens (tertiary/aromatic N) is 1. The fourth-order valence-corrected chi connectivity index (χ4v) is 4.15. The summed E-state index contributed by atoms with van der Waals surface area (Å²) in [6.07, 6.45) is 0. The second-order valence-electron chi connectivity index (χ2n) is 8.15. The molecule has 0 fully saturated rings. The molecular weight excluding hydrogens is 473 g/mol. The van der Waals surface area contributed by atoms with Crippen LogP contribution in [0.2, 0.25) is 10.0 Å². The number of aliphatic hydroxyl groups is 1. The van der Waals surface area contributed by atoms with Crippen molar-refractivity contribution in [2.75, 3.05) is 0 Å². The molecule has 0 amide bonds. The van der Waals surface area contributed by atoms with E-state index in [1.54, 1.807) is 18.2 Å². The highest BCUT2D eigenvalue weighted by molar-refractivity contribution is 6.39. The highest BCUT2D eigenvalue weighted by Crippen LogP contribution is 2.38. The van der Waals surface area contributed by atoms with E-state index in [9.17, 15) is 5.11 Å². The molecule has 0 atom stereocenters. The molecule has 0 bridgehead atoms. The maximum absolute atomic E-state index is 9.26. The minimum atomic E-state index is -0.0155. The smallest absolute Gasteiger partial charge is 0.146 e. The molecule has 176 valence electrons. The third-order valence-corrected chi connectivity index (χ3v) is 5.97. The van der Waals surface area contributed by atoms with Crippen molar-refractivity contribution in [2.24, 2.45) is 0 Å². The average molecular weight is 498 g/mol. The van der Waals surface area contributed by atoms with Crippen molar-refractivity contribution < 1.29 is 19.1 Å². The van der Waals surface area contributed by atoms with Crippen LogP contribution < -0.4 is 9.47 Å². The van der Waals surface area contributed by atoms with Gasteiger partial charge in [0.05, 0.1) is 22.2 Å². The predicted octanol–water partition coefficient (Wildman–Crippen LogP) is 7.42. The van der Waals surface area contributed by atoms with E-state index >= 15 is 0 Å². The SMILES string of the molecule is CC(C)c1onc(-c2c(Cl)cccc2Cl)c1COc1ccc(COc2cccc(CO)c2)cc1. The van der Waals surface area contributed by atoms with Gasteiger partial charge in [-0.15, -0.1) is 0 Å². The minimum Gasteiger partial charge on any atom is -0.489 e. The first-order valence-corrected chi connectivity index (χ1v) is 11.7. The van der Waals surface area contributed by atoms with Crippen LogP contribution in [0.5, 0.6) is 11.5 Å². The van der Waals surface area contributed by atoms with Crippen molar-refractivity contribution in [1.29, 1.82) is 0 Å². The van der Waals surface area contributed by atoms with E-state index in [1.165, 1.54) is 0 Å². The van der Waals surface area contributed by atoms with Gasteiger partial charge >= 0.3 is 0 Å². The lowest BCUT2D eigenvalue weighted by Gasteiger charge is -2.11. The van der Waals surface area contributed by atoms with Crippen molar-refractivity contribution in [1.82, 2.24) is 5.16 Å². The summed E-state index contributed by atoms with van der Waals surface area (Å²) in [5.41, 5.74) is 3.86. The first-order valence-electron chi connectivity index (χ1n) is 10.9. The molecule has 4 rings (SSSR count). The van der Waals surface area contributed by atoms with Gasteiger partial charge in [0, 0.05) is 11.5 Å². The minimum absolute atomic E-state index is 0.0155. The zero-order valence-electron chi connectivity index (χ0n) is 18.9. The van der Waals surface area contributed by atoms with Crippen LogP contribution in [0.4, 0.5) is 0 Å². The summed E-state index contributed by atoms with van der Waals surface area (Å²) in [6.45, 7) is 4.73. The molecule has 4 aromatic rings. The second-order valence-corrected chi connectivity index (χ2v) is 8.97. The van der Waals surface area contributed by atoms with Crippen LogP contribution in [0.3, 0.4) is 0 Å². The molecule has 0 saturated carbocycles. The Morgan fingerprint density at radius 3 is 2.21 bits per heavy atom. The third-order valence-electron chi connectivity index (χ3n) is 5.34. The lowest BCUT2D eigenvalue weighted by atomic mass is 10.0. The van der Waals surface area contributed by atoms with Gasteiger partial charge in [0.15, 0.2) is 0 Å². The van der Waals surface area contributed by atoms with E-state index in [4.69, 9.17) is 37.2 Å². The molecule has 0 spiro atoms. The van der Waals surface area contributed by atoms with Crippen LogP contribution in [0.1, 0.15) is 42.2 Å². The summed E-state index contributed by atoms with van der Waals surface area (Å²) in [5.74, 6) is 2.27. The molecule has 0 saturated heterocycles. The molecule has 7 heteroatoms. The number of hydrogen-bond acceptors (Lipinski definition) is 5. The molecule has 1 heterocycles. The number of benzene rings is 3. The topological polar surface area (TPSA) is 64.7 Å². The van der Waals surface area contributed by atoms with Gasteiger partial charge in [0.25, 0.3) is 0 Å². The first kappa shape index (κ1) is 24.1. The van der Waals surface area contributed by atoms with Gasteiger partial charge < -0.3 is 19.1 Å². The Labute approximate surface area is 208 Å². The quantitative estimate of drug-likeness (QED) is 0.260. The van der Waals surface area contributed by atoms with Crippen LogP contribution >= 0.6 is 23.2 Å². The fourth-order valence-electron chi connectivity index (χ4n) is 3.57. The molecule has 5 nitrogen and oxygen atoms in total. The normalized spacial score (nSPS) is 11.1. The largest absolute Gasteiger partial charge is 0.489 e. The Hall–Kier alpha value is -2.99. The molecule has 0 aliphatic carbocycles. The molecule has 0 radical (unpaired) electrons. The van der Waals surface area contributed by atoms with Crippen molar-refractivity contribution >= 4 is 23.2 Å². The molecule has 34 heavy (non-hydrogen) atoms. The van der Waals surface area contributed by atoms with Crippen LogP contribution in [0.15, 0.2) is 71.3 Å². The van der Waals surface area contributed by atoms with Gasteiger partial charge in [-0.3, -0.25) is 0 Å². The number of halogens is 2. The van der Waals surface area contributed by atoms with Crippen LogP contribution in [-0.2, 0) is 19.8 Å². The Bertz CT molecular complexity index is 1230. The summed E-state index contributed by atoms with van der Waals surface area (Å²) in [6, 6.07) is 20.4. The lowest BCUT2D eigenvalue weighted by molar-refractivity contribution is 0.278. The third kappa shape index (κ3) is 5.55. The van der Waals surface area contributed by atoms with Gasteiger partial charge in [-0.25, -0.2) is 0 Å². The lowest BCUT2D eigenvalue weighted by Crippen LogP contribution is -2.02. The Morgan fingerprint density at radius 1 is 0.853 bits per heavy atom. The van der Waals surface area contributed by atoms with E-state index in [1.807, 2.05) is 62.4 Å². The Kier molecular flexibility index (Phi) is 7.78. The van der Waals surface area contributed by atoms with Crippen LogP contribution in [-0.4, -0.2) is 10.3 Å². The number of aliphatic hydroxyl groups excluding tert-OH is 1. The molecule has 1 N–H and O–H groups in total. The first-order chi connectivity index (χ1) is 16.5. The van der Waals surface area contributed by atoms with Gasteiger partial charge in [0.2, 0.25) is 0 Å². The van der Waals surface area contributed by atoms with Crippen molar-refractivity contribution in [2.45, 2.75) is 39.6 Å². The molecule has 0 unspecified atom stereocenters.